The molecule has 0 amide bonds. The molecule has 4 heterocycles. The number of benzene rings is 2. The summed E-state index contributed by atoms with van der Waals surface area (Å²) in [6.07, 6.45) is 4.68. The molecule has 0 unspecified atom stereocenters. The van der Waals surface area contributed by atoms with Crippen LogP contribution in [0, 0.1) is 0 Å². The van der Waals surface area contributed by atoms with Gasteiger partial charge in [0.15, 0.2) is 11.3 Å². The van der Waals surface area contributed by atoms with Gasteiger partial charge in [-0.05, 0) is 24.3 Å². The predicted molar refractivity (Wildman–Crippen MR) is 177 cm³/mol. The third-order valence-corrected chi connectivity index (χ3v) is 9.93. The normalized spacial score (nSPS) is 10.9. The van der Waals surface area contributed by atoms with Gasteiger partial charge in [0.05, 0.1) is 46.7 Å². The third kappa shape index (κ3) is 7.28. The first kappa shape index (κ1) is 33.1. The Balaban J connectivity index is 0.000000178. The predicted octanol–water partition coefficient (Wildman–Crippen LogP) is 9.06. The van der Waals surface area contributed by atoms with Crippen molar-refractivity contribution in [1.82, 2.24) is 29.9 Å². The maximum Gasteiger partial charge on any atom is 0.343 e. The van der Waals surface area contributed by atoms with Gasteiger partial charge in [-0.3, -0.25) is 0 Å². The number of nitrogens with zero attached hydrogens (tertiary/aromatic N) is 4. The largest absolute Gasteiger partial charge is 0.465 e. The van der Waals surface area contributed by atoms with Crippen molar-refractivity contribution in [1.29, 1.82) is 0 Å². The van der Waals surface area contributed by atoms with E-state index in [9.17, 15) is 9.59 Å². The Hall–Kier alpha value is -3.23. The molecule has 0 aliphatic rings. The van der Waals surface area contributed by atoms with Crippen molar-refractivity contribution in [3.63, 3.8) is 0 Å². The van der Waals surface area contributed by atoms with Crippen LogP contribution < -0.4 is 0 Å². The molecule has 0 saturated carbocycles. The quantitative estimate of drug-likeness (QED) is 0.159. The number of carbonyl (C=O) groups is 2. The van der Waals surface area contributed by atoms with Crippen LogP contribution >= 0.6 is 81.5 Å². The summed E-state index contributed by atoms with van der Waals surface area (Å²) in [4.78, 5) is 48.0. The highest BCUT2D eigenvalue weighted by atomic mass is 35.5. The van der Waals surface area contributed by atoms with Gasteiger partial charge in [-0.1, -0.05) is 93.7 Å². The molecule has 6 aromatic rings. The van der Waals surface area contributed by atoms with E-state index in [0.717, 1.165) is 9.79 Å². The second kappa shape index (κ2) is 14.5. The van der Waals surface area contributed by atoms with Crippen LogP contribution in [0.15, 0.2) is 74.8 Å². The minimum absolute atomic E-state index is 0.134. The molecule has 0 saturated heterocycles. The van der Waals surface area contributed by atoms with Gasteiger partial charge in [0.1, 0.15) is 37.4 Å². The summed E-state index contributed by atoms with van der Waals surface area (Å²) in [5.41, 5.74) is 2.19. The minimum Gasteiger partial charge on any atom is -0.465 e. The number of fused-ring (bicyclic) bond motifs is 2. The monoisotopic (exact) mass is 740 g/mol. The first-order chi connectivity index (χ1) is 21.6. The van der Waals surface area contributed by atoms with Crippen molar-refractivity contribution >= 4 is 116 Å². The topological polar surface area (TPSA) is 136 Å². The molecule has 6 rings (SSSR count). The van der Waals surface area contributed by atoms with Crippen LogP contribution in [0.4, 0.5) is 0 Å². The van der Waals surface area contributed by atoms with Crippen LogP contribution in [0.5, 0.6) is 0 Å². The van der Waals surface area contributed by atoms with Gasteiger partial charge in [-0.25, -0.2) is 29.5 Å². The highest BCUT2D eigenvalue weighted by Crippen LogP contribution is 2.38. The number of methoxy groups -OCH3 is 2. The van der Waals surface area contributed by atoms with Crippen LogP contribution in [0.1, 0.15) is 20.7 Å². The van der Waals surface area contributed by atoms with Crippen LogP contribution in [0.3, 0.4) is 0 Å². The number of hydrogen-bond acceptors (Lipinski definition) is 10. The number of H-pyrrole nitrogens is 2. The van der Waals surface area contributed by atoms with Gasteiger partial charge in [0.25, 0.3) is 0 Å². The number of halogens is 5. The molecular formula is C28H17Cl5N6O4S2. The smallest absolute Gasteiger partial charge is 0.343 e. The van der Waals surface area contributed by atoms with Crippen LogP contribution in [0.2, 0.25) is 25.2 Å². The van der Waals surface area contributed by atoms with Crippen molar-refractivity contribution in [3.05, 3.63) is 91.4 Å². The van der Waals surface area contributed by atoms with Gasteiger partial charge in [0, 0.05) is 16.0 Å². The molecule has 17 heteroatoms. The van der Waals surface area contributed by atoms with E-state index < -0.39 is 11.9 Å². The number of ether oxygens (including phenoxy) is 2. The molecule has 0 bridgehead atoms. The Morgan fingerprint density at radius 1 is 0.733 bits per heavy atom. The number of aromatic nitrogens is 6. The number of nitrogens with one attached hydrogen (secondary N) is 2. The summed E-state index contributed by atoms with van der Waals surface area (Å²) in [6, 6.07) is 10.7. The van der Waals surface area contributed by atoms with Crippen LogP contribution in [-0.2, 0) is 9.47 Å². The number of aromatic amines is 2. The lowest BCUT2D eigenvalue weighted by molar-refractivity contribution is 0.0594. The Bertz CT molecular complexity index is 2070. The first-order valence-electron chi connectivity index (χ1n) is 12.4. The average molecular weight is 743 g/mol. The Morgan fingerprint density at radius 3 is 1.82 bits per heavy atom. The highest BCUT2D eigenvalue weighted by Gasteiger charge is 2.21. The zero-order valence-corrected chi connectivity index (χ0v) is 28.2. The molecule has 0 spiro atoms. The maximum atomic E-state index is 11.8. The van der Waals surface area contributed by atoms with E-state index >= 15 is 0 Å². The molecule has 4 aromatic heterocycles. The van der Waals surface area contributed by atoms with Crippen LogP contribution in [0.25, 0.3) is 22.3 Å². The molecule has 45 heavy (non-hydrogen) atoms. The van der Waals surface area contributed by atoms with E-state index in [0.29, 0.717) is 58.0 Å². The van der Waals surface area contributed by atoms with Gasteiger partial charge in [0.2, 0.25) is 0 Å². The fourth-order valence-corrected chi connectivity index (χ4v) is 6.62. The van der Waals surface area contributed by atoms with E-state index in [1.54, 1.807) is 36.7 Å². The Kier molecular flexibility index (Phi) is 10.7. The van der Waals surface area contributed by atoms with Gasteiger partial charge in [-0.15, -0.1) is 0 Å². The van der Waals surface area contributed by atoms with Gasteiger partial charge < -0.3 is 19.4 Å². The molecule has 0 radical (unpaired) electrons. The summed E-state index contributed by atoms with van der Waals surface area (Å²) in [6.45, 7) is 0. The summed E-state index contributed by atoms with van der Waals surface area (Å²) in [7, 11) is 2.59. The summed E-state index contributed by atoms with van der Waals surface area (Å²) >= 11 is 32.9. The zero-order valence-electron chi connectivity index (χ0n) is 22.8. The molecule has 0 aliphatic carbocycles. The lowest BCUT2D eigenvalue weighted by atomic mass is 10.3. The highest BCUT2D eigenvalue weighted by molar-refractivity contribution is 7.99. The van der Waals surface area contributed by atoms with E-state index in [2.05, 4.69) is 29.9 Å². The average Bonchev–Trinajstić information content (AvgIpc) is 3.61. The second-order valence-electron chi connectivity index (χ2n) is 8.62. The number of rotatable bonds is 6. The Labute approximate surface area is 288 Å². The molecule has 2 aromatic carbocycles. The third-order valence-electron chi connectivity index (χ3n) is 5.85. The molecule has 0 aliphatic heterocycles. The van der Waals surface area contributed by atoms with Crippen molar-refractivity contribution in [2.24, 2.45) is 0 Å². The van der Waals surface area contributed by atoms with Gasteiger partial charge >= 0.3 is 11.9 Å². The summed E-state index contributed by atoms with van der Waals surface area (Å²) in [5.74, 6) is -1.05. The summed E-state index contributed by atoms with van der Waals surface area (Å²) in [5, 5.41) is 3.08. The molecule has 10 nitrogen and oxygen atoms in total. The van der Waals surface area contributed by atoms with Crippen molar-refractivity contribution < 1.29 is 19.1 Å². The van der Waals surface area contributed by atoms with E-state index in [4.69, 9.17) is 67.5 Å². The molecule has 230 valence electrons. The van der Waals surface area contributed by atoms with E-state index in [-0.39, 0.29) is 10.7 Å². The lowest BCUT2D eigenvalue weighted by Gasteiger charge is -2.05. The van der Waals surface area contributed by atoms with Gasteiger partial charge in [-0.2, -0.15) is 0 Å². The zero-order chi connectivity index (χ0) is 32.2. The van der Waals surface area contributed by atoms with Crippen molar-refractivity contribution in [2.75, 3.05) is 14.2 Å². The first-order valence-corrected chi connectivity index (χ1v) is 15.9. The number of carbonyl (C=O) groups excluding carboxylic acids is 2. The molecular weight excluding hydrogens is 726 g/mol. The minimum atomic E-state index is -0.585. The molecule has 2 N–H and O–H groups in total. The van der Waals surface area contributed by atoms with E-state index in [1.807, 2.05) is 12.1 Å². The second-order valence-corrected chi connectivity index (χ2v) is 12.7. The molecule has 0 atom stereocenters. The fourth-order valence-electron chi connectivity index (χ4n) is 3.79. The SMILES string of the molecule is COC(=O)c1c(Cl)[nH]c2ncc(Sc3cccc(Cl)c3Cl)nc12.COC(=O)c1c[nH]c2ncc(Sc3cccc(Cl)c3Cl)nc12. The summed E-state index contributed by atoms with van der Waals surface area (Å²) < 4.78 is 9.44. The fraction of sp³-hybridized carbons (Fsp3) is 0.0714. The van der Waals surface area contributed by atoms with Crippen molar-refractivity contribution in [2.45, 2.75) is 19.8 Å². The number of esters is 2. The Morgan fingerprint density at radius 2 is 1.27 bits per heavy atom. The lowest BCUT2D eigenvalue weighted by Crippen LogP contribution is -2.01. The standard InChI is InChI=1S/C14H8Cl3N3O2S.C14H9Cl2N3O2S/c1-22-14(21)9-11-13(20-12(9)17)18-5-8(19-11)23-7-4-2-3-6(15)10(7)16;1-21-14(20)7-5-17-13-12(7)19-10(6-18-13)22-9-4-2-3-8(15)11(9)16/h2-5H,1H3,(H,18,20);2-6H,1H3,(H,17,18). The van der Waals surface area contributed by atoms with E-state index in [1.165, 1.54) is 43.9 Å². The molecule has 0 fully saturated rings. The van der Waals surface area contributed by atoms with Crippen LogP contribution in [-0.4, -0.2) is 56.1 Å². The number of hydrogen-bond donors (Lipinski definition) is 2. The maximum absolute atomic E-state index is 11.8. The van der Waals surface area contributed by atoms with Crippen molar-refractivity contribution in [3.8, 4) is 0 Å².